The molecule has 144 valence electrons. The average Bonchev–Trinajstić information content (AvgIpc) is 3.17. The van der Waals surface area contributed by atoms with Gasteiger partial charge >= 0.3 is 5.97 Å². The summed E-state index contributed by atoms with van der Waals surface area (Å²) in [4.78, 5) is 32.1. The van der Waals surface area contributed by atoms with E-state index in [9.17, 15) is 9.59 Å². The molecule has 0 atom stereocenters. The monoisotopic (exact) mass is 379 g/mol. The number of aryl methyl sites for hydroxylation is 1. The quantitative estimate of drug-likeness (QED) is 0.681. The van der Waals surface area contributed by atoms with E-state index in [1.54, 1.807) is 19.3 Å². The molecule has 8 heteroatoms. The Morgan fingerprint density at radius 2 is 2.04 bits per heavy atom. The number of carbonyl (C=O) groups excluding carboxylic acids is 1. The first kappa shape index (κ1) is 19.2. The number of carbonyl (C=O) groups is 2. The Hall–Kier alpha value is -3.55. The minimum absolute atomic E-state index is 0.0284. The Kier molecular flexibility index (Phi) is 5.49. The van der Waals surface area contributed by atoms with Gasteiger partial charge in [0.05, 0.1) is 16.9 Å². The number of hydrogen-bond acceptors (Lipinski definition) is 5. The third-order valence-corrected chi connectivity index (χ3v) is 4.17. The van der Waals surface area contributed by atoms with Crippen molar-refractivity contribution in [3.8, 4) is 5.69 Å². The van der Waals surface area contributed by atoms with Crippen LogP contribution in [0.3, 0.4) is 0 Å². The van der Waals surface area contributed by atoms with Crippen LogP contribution in [0.1, 0.15) is 57.7 Å². The maximum Gasteiger partial charge on any atom is 0.356 e. The normalized spacial score (nSPS) is 10.9. The molecule has 2 heterocycles. The number of aromatic carboxylic acids is 1. The highest BCUT2D eigenvalue weighted by Gasteiger charge is 2.16. The lowest BCUT2D eigenvalue weighted by molar-refractivity contribution is 0.0689. The maximum absolute atomic E-state index is 12.6. The van der Waals surface area contributed by atoms with E-state index in [2.05, 4.69) is 20.4 Å². The summed E-state index contributed by atoms with van der Waals surface area (Å²) in [6.45, 7) is 6.07. The Labute approximate surface area is 162 Å². The second kappa shape index (κ2) is 7.99. The number of nitrogens with one attached hydrogen (secondary N) is 1. The van der Waals surface area contributed by atoms with Crippen molar-refractivity contribution >= 4 is 11.9 Å². The van der Waals surface area contributed by atoms with E-state index >= 15 is 0 Å². The lowest BCUT2D eigenvalue weighted by Crippen LogP contribution is -2.25. The minimum Gasteiger partial charge on any atom is -0.476 e. The van der Waals surface area contributed by atoms with Crippen molar-refractivity contribution in [1.29, 1.82) is 0 Å². The van der Waals surface area contributed by atoms with Gasteiger partial charge in [0.1, 0.15) is 5.82 Å². The molecule has 0 aliphatic carbocycles. The van der Waals surface area contributed by atoms with Gasteiger partial charge in [0.25, 0.3) is 5.91 Å². The van der Waals surface area contributed by atoms with E-state index in [1.165, 1.54) is 10.7 Å². The topological polar surface area (TPSA) is 110 Å². The Bertz CT molecular complexity index is 1030. The summed E-state index contributed by atoms with van der Waals surface area (Å²) in [5.74, 6) is -0.577. The highest BCUT2D eigenvalue weighted by Crippen LogP contribution is 2.17. The van der Waals surface area contributed by atoms with Crippen LogP contribution in [-0.2, 0) is 6.54 Å². The maximum atomic E-state index is 12.6. The molecule has 8 nitrogen and oxygen atoms in total. The van der Waals surface area contributed by atoms with Crippen LogP contribution in [0.4, 0.5) is 0 Å². The van der Waals surface area contributed by atoms with Crippen LogP contribution >= 0.6 is 0 Å². The molecule has 28 heavy (non-hydrogen) atoms. The summed E-state index contributed by atoms with van der Waals surface area (Å²) in [5, 5.41) is 15.9. The van der Waals surface area contributed by atoms with Gasteiger partial charge in [0.15, 0.2) is 5.69 Å². The first-order chi connectivity index (χ1) is 13.3. The van der Waals surface area contributed by atoms with Gasteiger partial charge in [-0.2, -0.15) is 5.10 Å². The number of nitrogens with zero attached hydrogens (tertiary/aromatic N) is 4. The van der Waals surface area contributed by atoms with Gasteiger partial charge in [-0.05, 0) is 36.6 Å². The van der Waals surface area contributed by atoms with E-state index in [-0.39, 0.29) is 17.5 Å². The summed E-state index contributed by atoms with van der Waals surface area (Å²) >= 11 is 0. The van der Waals surface area contributed by atoms with Crippen LogP contribution in [0.5, 0.6) is 0 Å². The molecule has 0 bridgehead atoms. The van der Waals surface area contributed by atoms with E-state index in [1.807, 2.05) is 38.1 Å². The minimum atomic E-state index is -1.08. The molecule has 3 aromatic rings. The zero-order valence-electron chi connectivity index (χ0n) is 15.9. The number of aromatic nitrogens is 4. The summed E-state index contributed by atoms with van der Waals surface area (Å²) in [5.41, 5.74) is 2.73. The molecule has 0 fully saturated rings. The van der Waals surface area contributed by atoms with Crippen LogP contribution in [0.25, 0.3) is 5.69 Å². The Balaban J connectivity index is 1.75. The Morgan fingerprint density at radius 1 is 1.25 bits per heavy atom. The second-order valence-electron chi connectivity index (χ2n) is 6.67. The standard InChI is InChI=1S/C20H21N5O3/c1-12(2)18-16(11-21-13(3)23-18)19(26)22-10-14-5-4-6-15(9-14)25-8-7-17(24-25)20(27)28/h4-9,11-12H,10H2,1-3H3,(H,22,26)(H,27,28). The highest BCUT2D eigenvalue weighted by molar-refractivity contribution is 5.95. The lowest BCUT2D eigenvalue weighted by atomic mass is 10.0. The van der Waals surface area contributed by atoms with E-state index < -0.39 is 5.97 Å². The van der Waals surface area contributed by atoms with Crippen molar-refractivity contribution in [2.24, 2.45) is 0 Å². The molecule has 0 spiro atoms. The molecule has 0 saturated carbocycles. The lowest BCUT2D eigenvalue weighted by Gasteiger charge is -2.12. The van der Waals surface area contributed by atoms with Crippen molar-refractivity contribution in [2.75, 3.05) is 0 Å². The second-order valence-corrected chi connectivity index (χ2v) is 6.67. The predicted octanol–water partition coefficient (Wildman–Crippen LogP) is 2.72. The van der Waals surface area contributed by atoms with E-state index in [0.29, 0.717) is 23.6 Å². The molecule has 0 aliphatic rings. The molecule has 0 radical (unpaired) electrons. The molecular formula is C20H21N5O3. The van der Waals surface area contributed by atoms with Crippen LogP contribution in [0, 0.1) is 6.92 Å². The fraction of sp³-hybridized carbons (Fsp3) is 0.250. The van der Waals surface area contributed by atoms with Crippen LogP contribution in [0.2, 0.25) is 0 Å². The summed E-state index contributed by atoms with van der Waals surface area (Å²) < 4.78 is 1.49. The summed E-state index contributed by atoms with van der Waals surface area (Å²) in [7, 11) is 0. The van der Waals surface area contributed by atoms with Gasteiger partial charge in [0.2, 0.25) is 0 Å². The number of amides is 1. The third-order valence-electron chi connectivity index (χ3n) is 4.17. The fourth-order valence-corrected chi connectivity index (χ4v) is 2.77. The summed E-state index contributed by atoms with van der Waals surface area (Å²) in [6.07, 6.45) is 3.14. The number of carboxylic acid groups (broad SMARTS) is 1. The molecule has 0 aliphatic heterocycles. The van der Waals surface area contributed by atoms with Gasteiger partial charge in [-0.15, -0.1) is 0 Å². The number of carboxylic acids is 1. The Morgan fingerprint density at radius 3 is 2.71 bits per heavy atom. The molecular weight excluding hydrogens is 358 g/mol. The fourth-order valence-electron chi connectivity index (χ4n) is 2.77. The van der Waals surface area contributed by atoms with Gasteiger partial charge in [-0.3, -0.25) is 4.79 Å². The molecule has 2 aromatic heterocycles. The molecule has 0 saturated heterocycles. The van der Waals surface area contributed by atoms with Crippen molar-refractivity contribution in [3.63, 3.8) is 0 Å². The third kappa shape index (κ3) is 4.22. The summed E-state index contributed by atoms with van der Waals surface area (Å²) in [6, 6.07) is 8.79. The molecule has 3 rings (SSSR count). The molecule has 0 unspecified atom stereocenters. The number of hydrogen-bond donors (Lipinski definition) is 2. The van der Waals surface area contributed by atoms with Crippen LogP contribution in [-0.4, -0.2) is 36.7 Å². The highest BCUT2D eigenvalue weighted by atomic mass is 16.4. The zero-order chi connectivity index (χ0) is 20.3. The van der Waals surface area contributed by atoms with Gasteiger partial charge < -0.3 is 10.4 Å². The molecule has 1 aromatic carbocycles. The smallest absolute Gasteiger partial charge is 0.356 e. The largest absolute Gasteiger partial charge is 0.476 e. The van der Waals surface area contributed by atoms with Crippen molar-refractivity contribution < 1.29 is 14.7 Å². The van der Waals surface area contributed by atoms with Crippen LogP contribution < -0.4 is 5.32 Å². The first-order valence-corrected chi connectivity index (χ1v) is 8.85. The van der Waals surface area contributed by atoms with Gasteiger partial charge in [-0.1, -0.05) is 26.0 Å². The molecule has 2 N–H and O–H groups in total. The number of rotatable bonds is 6. The molecule has 1 amide bonds. The van der Waals surface area contributed by atoms with Crippen molar-refractivity contribution in [3.05, 3.63) is 71.1 Å². The first-order valence-electron chi connectivity index (χ1n) is 8.85. The SMILES string of the molecule is Cc1ncc(C(=O)NCc2cccc(-n3ccc(C(=O)O)n3)c2)c(C(C)C)n1. The van der Waals surface area contributed by atoms with Gasteiger partial charge in [-0.25, -0.2) is 19.4 Å². The van der Waals surface area contributed by atoms with Crippen molar-refractivity contribution in [1.82, 2.24) is 25.1 Å². The van der Waals surface area contributed by atoms with Crippen molar-refractivity contribution in [2.45, 2.75) is 33.2 Å². The van der Waals surface area contributed by atoms with E-state index in [0.717, 1.165) is 11.3 Å². The van der Waals surface area contributed by atoms with E-state index in [4.69, 9.17) is 5.11 Å². The number of benzene rings is 1. The van der Waals surface area contributed by atoms with Crippen LogP contribution in [0.15, 0.2) is 42.7 Å². The average molecular weight is 379 g/mol. The predicted molar refractivity (Wildman–Crippen MR) is 103 cm³/mol. The van der Waals surface area contributed by atoms with Gasteiger partial charge in [0, 0.05) is 18.9 Å². The zero-order valence-corrected chi connectivity index (χ0v) is 15.9.